The first-order chi connectivity index (χ1) is 7.54. The lowest BCUT2D eigenvalue weighted by Crippen LogP contribution is -2.24. The number of nitrogens with one attached hydrogen (secondary N) is 1. The zero-order valence-corrected chi connectivity index (χ0v) is 9.92. The summed E-state index contributed by atoms with van der Waals surface area (Å²) in [6, 6.07) is 6.63. The van der Waals surface area contributed by atoms with Crippen LogP contribution in [0.25, 0.3) is 0 Å². The van der Waals surface area contributed by atoms with Gasteiger partial charge in [-0.25, -0.2) is 4.39 Å². The average Bonchev–Trinajstić information content (AvgIpc) is 2.23. The fraction of sp³-hybridized carbons (Fsp3) is 0.462. The highest BCUT2D eigenvalue weighted by Crippen LogP contribution is 2.16. The van der Waals surface area contributed by atoms with E-state index < -0.39 is 6.04 Å². The lowest BCUT2D eigenvalue weighted by molar-refractivity contribution is 0.522. The number of hydrogen-bond donors (Lipinski definition) is 1. The molecule has 0 heterocycles. The van der Waals surface area contributed by atoms with Crippen LogP contribution < -0.4 is 5.32 Å². The third kappa shape index (κ3) is 3.32. The molecule has 16 heavy (non-hydrogen) atoms. The van der Waals surface area contributed by atoms with E-state index >= 15 is 0 Å². The first-order valence-corrected chi connectivity index (χ1v) is 5.43. The third-order valence-corrected chi connectivity index (χ3v) is 2.39. The van der Waals surface area contributed by atoms with Crippen molar-refractivity contribution >= 4 is 0 Å². The Balaban J connectivity index is 2.80. The summed E-state index contributed by atoms with van der Waals surface area (Å²) in [6.45, 7) is 6.59. The summed E-state index contributed by atoms with van der Waals surface area (Å²) in [5.74, 6) is 0.204. The Labute approximate surface area is 96.1 Å². The summed E-state index contributed by atoms with van der Waals surface area (Å²) in [7, 11) is 0. The number of halogens is 1. The van der Waals surface area contributed by atoms with Crippen LogP contribution in [0, 0.1) is 30.0 Å². The van der Waals surface area contributed by atoms with Gasteiger partial charge < -0.3 is 0 Å². The number of nitriles is 1. The molecule has 0 aliphatic heterocycles. The van der Waals surface area contributed by atoms with Gasteiger partial charge in [-0.2, -0.15) is 5.26 Å². The Morgan fingerprint density at radius 1 is 1.44 bits per heavy atom. The molecule has 0 radical (unpaired) electrons. The van der Waals surface area contributed by atoms with Crippen LogP contribution >= 0.6 is 0 Å². The van der Waals surface area contributed by atoms with Crippen molar-refractivity contribution < 1.29 is 4.39 Å². The molecule has 86 valence electrons. The lowest BCUT2D eigenvalue weighted by atomic mass is 10.0. The minimum atomic E-state index is -0.433. The second-order valence-electron chi connectivity index (χ2n) is 4.37. The Hall–Kier alpha value is -1.40. The Bertz CT molecular complexity index is 393. The van der Waals surface area contributed by atoms with Crippen molar-refractivity contribution in [1.82, 2.24) is 5.32 Å². The molecule has 1 aromatic rings. The molecule has 0 fully saturated rings. The quantitative estimate of drug-likeness (QED) is 0.846. The summed E-state index contributed by atoms with van der Waals surface area (Å²) in [6.07, 6.45) is 0. The van der Waals surface area contributed by atoms with Crippen LogP contribution in [0.3, 0.4) is 0 Å². The smallest absolute Gasteiger partial charge is 0.126 e. The van der Waals surface area contributed by atoms with Crippen LogP contribution in [0.15, 0.2) is 18.2 Å². The molecule has 3 heteroatoms. The molecular weight excluding hydrogens is 203 g/mol. The molecule has 0 aromatic heterocycles. The van der Waals surface area contributed by atoms with Crippen molar-refractivity contribution in [3.8, 4) is 6.07 Å². The van der Waals surface area contributed by atoms with E-state index in [4.69, 9.17) is 5.26 Å². The summed E-state index contributed by atoms with van der Waals surface area (Å²) in [5.41, 5.74) is 1.29. The van der Waals surface area contributed by atoms with Gasteiger partial charge in [0.05, 0.1) is 6.07 Å². The van der Waals surface area contributed by atoms with Gasteiger partial charge in [-0.1, -0.05) is 26.0 Å². The zero-order chi connectivity index (χ0) is 12.1. The average molecular weight is 220 g/mol. The molecule has 0 saturated heterocycles. The summed E-state index contributed by atoms with van der Waals surface area (Å²) in [4.78, 5) is 0. The van der Waals surface area contributed by atoms with Crippen LogP contribution in [0.4, 0.5) is 4.39 Å². The Kier molecular flexibility index (Phi) is 4.45. The second kappa shape index (κ2) is 5.62. The largest absolute Gasteiger partial charge is 0.298 e. The molecular formula is C13H17FN2. The normalized spacial score (nSPS) is 12.5. The van der Waals surface area contributed by atoms with Crippen LogP contribution in [0.1, 0.15) is 31.0 Å². The summed E-state index contributed by atoms with van der Waals surface area (Å²) < 4.78 is 13.3. The van der Waals surface area contributed by atoms with Gasteiger partial charge in [0.15, 0.2) is 0 Å². The fourth-order valence-electron chi connectivity index (χ4n) is 1.38. The molecule has 2 nitrogen and oxygen atoms in total. The first-order valence-electron chi connectivity index (χ1n) is 5.43. The van der Waals surface area contributed by atoms with Crippen LogP contribution in [0.5, 0.6) is 0 Å². The van der Waals surface area contributed by atoms with Crippen molar-refractivity contribution in [3.05, 3.63) is 35.1 Å². The standard InChI is InChI=1S/C13H17FN2/c1-9(2)8-16-13(7-15)11-5-4-10(3)12(14)6-11/h4-6,9,13,16H,8H2,1-3H3. The highest BCUT2D eigenvalue weighted by molar-refractivity contribution is 5.28. The van der Waals surface area contributed by atoms with Crippen LogP contribution in [-0.4, -0.2) is 6.54 Å². The van der Waals surface area contributed by atoms with E-state index in [0.717, 1.165) is 6.54 Å². The van der Waals surface area contributed by atoms with Gasteiger partial charge in [-0.3, -0.25) is 5.32 Å². The van der Waals surface area contributed by atoms with Crippen molar-refractivity contribution in [2.24, 2.45) is 5.92 Å². The monoisotopic (exact) mass is 220 g/mol. The number of benzene rings is 1. The van der Waals surface area contributed by atoms with E-state index in [-0.39, 0.29) is 5.82 Å². The topological polar surface area (TPSA) is 35.8 Å². The molecule has 1 rings (SSSR count). The van der Waals surface area contributed by atoms with Gasteiger partial charge in [-0.15, -0.1) is 0 Å². The fourth-order valence-corrected chi connectivity index (χ4v) is 1.38. The maximum Gasteiger partial charge on any atom is 0.126 e. The molecule has 1 unspecified atom stereocenters. The number of nitrogens with zero attached hydrogens (tertiary/aromatic N) is 1. The molecule has 0 bridgehead atoms. The number of hydrogen-bond acceptors (Lipinski definition) is 2. The van der Waals surface area contributed by atoms with Gasteiger partial charge in [0, 0.05) is 0 Å². The lowest BCUT2D eigenvalue weighted by Gasteiger charge is -2.14. The van der Waals surface area contributed by atoms with Crippen molar-refractivity contribution in [2.75, 3.05) is 6.54 Å². The molecule has 0 spiro atoms. The Morgan fingerprint density at radius 3 is 2.62 bits per heavy atom. The van der Waals surface area contributed by atoms with E-state index in [1.165, 1.54) is 6.07 Å². The molecule has 0 amide bonds. The summed E-state index contributed by atoms with van der Waals surface area (Å²) >= 11 is 0. The van der Waals surface area contributed by atoms with Gasteiger partial charge >= 0.3 is 0 Å². The third-order valence-electron chi connectivity index (χ3n) is 2.39. The second-order valence-corrected chi connectivity index (χ2v) is 4.37. The zero-order valence-electron chi connectivity index (χ0n) is 9.92. The SMILES string of the molecule is Cc1ccc(C(C#N)NCC(C)C)cc1F. The predicted octanol–water partition coefficient (Wildman–Crippen LogP) is 2.94. The highest BCUT2D eigenvalue weighted by atomic mass is 19.1. The predicted molar refractivity (Wildman–Crippen MR) is 62.3 cm³/mol. The molecule has 0 aliphatic carbocycles. The maximum atomic E-state index is 13.3. The molecule has 0 aliphatic rings. The van der Waals surface area contributed by atoms with E-state index in [0.29, 0.717) is 17.0 Å². The minimum absolute atomic E-state index is 0.260. The van der Waals surface area contributed by atoms with Crippen molar-refractivity contribution in [3.63, 3.8) is 0 Å². The minimum Gasteiger partial charge on any atom is -0.298 e. The highest BCUT2D eigenvalue weighted by Gasteiger charge is 2.11. The van der Waals surface area contributed by atoms with E-state index in [1.807, 2.05) is 0 Å². The van der Waals surface area contributed by atoms with Gasteiger partial charge in [0.2, 0.25) is 0 Å². The maximum absolute atomic E-state index is 13.3. The molecule has 1 N–H and O–H groups in total. The first kappa shape index (κ1) is 12.7. The Morgan fingerprint density at radius 2 is 2.12 bits per heavy atom. The van der Waals surface area contributed by atoms with Gasteiger partial charge in [-0.05, 0) is 36.6 Å². The van der Waals surface area contributed by atoms with Crippen molar-refractivity contribution in [1.29, 1.82) is 5.26 Å². The van der Waals surface area contributed by atoms with Crippen molar-refractivity contribution in [2.45, 2.75) is 26.8 Å². The summed E-state index contributed by atoms with van der Waals surface area (Å²) in [5, 5.41) is 12.1. The van der Waals surface area contributed by atoms with E-state index in [1.54, 1.807) is 19.1 Å². The number of rotatable bonds is 4. The van der Waals surface area contributed by atoms with E-state index in [9.17, 15) is 4.39 Å². The number of aryl methyl sites for hydroxylation is 1. The van der Waals surface area contributed by atoms with Crippen LogP contribution in [0.2, 0.25) is 0 Å². The molecule has 0 saturated carbocycles. The van der Waals surface area contributed by atoms with Gasteiger partial charge in [0.25, 0.3) is 0 Å². The van der Waals surface area contributed by atoms with Crippen LogP contribution in [-0.2, 0) is 0 Å². The van der Waals surface area contributed by atoms with Gasteiger partial charge in [0.1, 0.15) is 11.9 Å². The molecule has 1 aromatic carbocycles. The van der Waals surface area contributed by atoms with E-state index in [2.05, 4.69) is 25.2 Å². The molecule has 1 atom stereocenters.